The van der Waals surface area contributed by atoms with E-state index in [-0.39, 0.29) is 12.4 Å². The average Bonchev–Trinajstić information content (AvgIpc) is 2.62. The van der Waals surface area contributed by atoms with Gasteiger partial charge in [0.2, 0.25) is 0 Å². The van der Waals surface area contributed by atoms with Crippen molar-refractivity contribution in [3.8, 4) is 11.5 Å². The summed E-state index contributed by atoms with van der Waals surface area (Å²) in [4.78, 5) is 0. The van der Waals surface area contributed by atoms with Crippen LogP contribution in [0.2, 0.25) is 5.02 Å². The summed E-state index contributed by atoms with van der Waals surface area (Å²) in [6.07, 6.45) is 0.973. The molecular weight excluding hydrogens is 373 g/mol. The summed E-state index contributed by atoms with van der Waals surface area (Å²) in [6, 6.07) is 13.9. The van der Waals surface area contributed by atoms with Crippen LogP contribution in [0.5, 0.6) is 11.5 Å². The fourth-order valence-electron chi connectivity index (χ4n) is 2.43. The van der Waals surface area contributed by atoms with Crippen molar-refractivity contribution in [1.82, 2.24) is 5.32 Å². The number of nitrogens with one attached hydrogen (secondary N) is 1. The highest BCUT2D eigenvalue weighted by molar-refractivity contribution is 6.32. The van der Waals surface area contributed by atoms with Crippen molar-refractivity contribution in [1.29, 1.82) is 0 Å². The summed E-state index contributed by atoms with van der Waals surface area (Å²) in [5, 5.41) is 3.94. The summed E-state index contributed by atoms with van der Waals surface area (Å²) in [6.45, 7) is 5.33. The van der Waals surface area contributed by atoms with Gasteiger partial charge >= 0.3 is 0 Å². The van der Waals surface area contributed by atoms with Gasteiger partial charge in [0.15, 0.2) is 11.5 Å². The normalized spacial score (nSPS) is 10.3. The first kappa shape index (κ1) is 22.6. The molecule has 0 saturated heterocycles. The Morgan fingerprint density at radius 1 is 1.04 bits per heavy atom. The third kappa shape index (κ3) is 7.42. The molecule has 26 heavy (non-hydrogen) atoms. The van der Waals surface area contributed by atoms with Gasteiger partial charge in [-0.3, -0.25) is 0 Å². The number of hydrogen-bond donors (Lipinski definition) is 1. The van der Waals surface area contributed by atoms with Crippen molar-refractivity contribution in [2.45, 2.75) is 26.5 Å². The summed E-state index contributed by atoms with van der Waals surface area (Å²) in [5.74, 6) is 1.27. The van der Waals surface area contributed by atoms with Crippen molar-refractivity contribution < 1.29 is 14.2 Å². The zero-order valence-corrected chi connectivity index (χ0v) is 16.9. The molecule has 0 aliphatic heterocycles. The lowest BCUT2D eigenvalue weighted by Gasteiger charge is -2.15. The minimum Gasteiger partial charge on any atom is -0.490 e. The van der Waals surface area contributed by atoms with Crippen LogP contribution in [0, 0.1) is 0 Å². The Morgan fingerprint density at radius 2 is 1.81 bits per heavy atom. The Kier molecular flexibility index (Phi) is 11.1. The molecule has 0 saturated carbocycles. The Labute approximate surface area is 167 Å². The highest BCUT2D eigenvalue weighted by atomic mass is 35.5. The Morgan fingerprint density at radius 3 is 2.50 bits per heavy atom. The number of benzene rings is 2. The van der Waals surface area contributed by atoms with Crippen LogP contribution in [0.1, 0.15) is 24.5 Å². The van der Waals surface area contributed by atoms with E-state index < -0.39 is 0 Å². The van der Waals surface area contributed by atoms with Gasteiger partial charge in [0.25, 0.3) is 0 Å². The van der Waals surface area contributed by atoms with Crippen molar-refractivity contribution in [2.24, 2.45) is 0 Å². The van der Waals surface area contributed by atoms with Gasteiger partial charge < -0.3 is 19.5 Å². The Balaban J connectivity index is 0.00000338. The van der Waals surface area contributed by atoms with E-state index in [9.17, 15) is 0 Å². The van der Waals surface area contributed by atoms with Crippen molar-refractivity contribution in [3.63, 3.8) is 0 Å². The van der Waals surface area contributed by atoms with Gasteiger partial charge in [0.05, 0.1) is 11.6 Å². The van der Waals surface area contributed by atoms with Gasteiger partial charge in [0, 0.05) is 20.3 Å². The molecule has 0 heterocycles. The van der Waals surface area contributed by atoms with Gasteiger partial charge in [0.1, 0.15) is 6.61 Å². The van der Waals surface area contributed by atoms with E-state index in [1.807, 2.05) is 49.4 Å². The number of rotatable bonds is 11. The van der Waals surface area contributed by atoms with Gasteiger partial charge in [-0.15, -0.1) is 12.4 Å². The Bertz CT molecular complexity index is 638. The van der Waals surface area contributed by atoms with E-state index in [0.717, 1.165) is 37.2 Å². The number of methoxy groups -OCH3 is 1. The molecule has 2 aromatic rings. The minimum atomic E-state index is 0. The fraction of sp³-hybridized carbons (Fsp3) is 0.400. The lowest BCUT2D eigenvalue weighted by atomic mass is 10.2. The number of halogens is 2. The molecule has 144 valence electrons. The summed E-state index contributed by atoms with van der Waals surface area (Å²) in [7, 11) is 1.71. The molecule has 0 unspecified atom stereocenters. The van der Waals surface area contributed by atoms with E-state index >= 15 is 0 Å². The van der Waals surface area contributed by atoms with Crippen LogP contribution in [0.15, 0.2) is 42.5 Å². The topological polar surface area (TPSA) is 39.7 Å². The molecule has 0 spiro atoms. The third-order valence-electron chi connectivity index (χ3n) is 3.63. The van der Waals surface area contributed by atoms with E-state index in [0.29, 0.717) is 29.7 Å². The monoisotopic (exact) mass is 399 g/mol. The summed E-state index contributed by atoms with van der Waals surface area (Å²) >= 11 is 6.45. The maximum absolute atomic E-state index is 6.45. The number of ether oxygens (including phenoxy) is 3. The lowest BCUT2D eigenvalue weighted by molar-refractivity contribution is 0.194. The molecular formula is C20H27Cl2NO3. The van der Waals surface area contributed by atoms with Crippen LogP contribution < -0.4 is 14.8 Å². The standard InChI is InChI=1S/C20H26ClNO3.ClH/c1-3-24-19-13-17(14-22-10-7-11-23-2)12-18(21)20(19)25-15-16-8-5-4-6-9-16;/h4-6,8-9,12-13,22H,3,7,10-11,14-15H2,1-2H3;1H. The zero-order valence-electron chi connectivity index (χ0n) is 15.3. The zero-order chi connectivity index (χ0) is 17.9. The summed E-state index contributed by atoms with van der Waals surface area (Å²) < 4.78 is 16.7. The third-order valence-corrected chi connectivity index (χ3v) is 3.91. The number of hydrogen-bond acceptors (Lipinski definition) is 4. The van der Waals surface area contributed by atoms with Gasteiger partial charge in [-0.05, 0) is 43.1 Å². The van der Waals surface area contributed by atoms with Crippen molar-refractivity contribution in [2.75, 3.05) is 26.9 Å². The van der Waals surface area contributed by atoms with Crippen LogP contribution >= 0.6 is 24.0 Å². The lowest BCUT2D eigenvalue weighted by Crippen LogP contribution is -2.16. The van der Waals surface area contributed by atoms with Crippen molar-refractivity contribution >= 4 is 24.0 Å². The van der Waals surface area contributed by atoms with Gasteiger partial charge in [-0.1, -0.05) is 41.9 Å². The van der Waals surface area contributed by atoms with Gasteiger partial charge in [-0.2, -0.15) is 0 Å². The maximum atomic E-state index is 6.45. The molecule has 0 bridgehead atoms. The average molecular weight is 400 g/mol. The molecule has 0 fully saturated rings. The molecule has 2 aromatic carbocycles. The first-order valence-electron chi connectivity index (χ1n) is 8.56. The van der Waals surface area contributed by atoms with E-state index in [1.165, 1.54) is 0 Å². The molecule has 4 nitrogen and oxygen atoms in total. The molecule has 1 N–H and O–H groups in total. The Hall–Kier alpha value is -1.46. The molecule has 0 aromatic heterocycles. The molecule has 0 aliphatic rings. The second-order valence-corrected chi connectivity index (χ2v) is 6.04. The fourth-order valence-corrected chi connectivity index (χ4v) is 2.72. The SMILES string of the molecule is CCOc1cc(CNCCCOC)cc(Cl)c1OCc1ccccc1.Cl. The van der Waals surface area contributed by atoms with Crippen molar-refractivity contribution in [3.05, 3.63) is 58.6 Å². The van der Waals surface area contributed by atoms with E-state index in [4.69, 9.17) is 25.8 Å². The molecule has 0 amide bonds. The van der Waals surface area contributed by atoms with Crippen LogP contribution in [-0.2, 0) is 17.9 Å². The molecule has 0 atom stereocenters. The molecule has 6 heteroatoms. The smallest absolute Gasteiger partial charge is 0.180 e. The highest BCUT2D eigenvalue weighted by Gasteiger charge is 2.13. The second-order valence-electron chi connectivity index (χ2n) is 5.64. The molecule has 0 aliphatic carbocycles. The molecule has 2 rings (SSSR count). The van der Waals surface area contributed by atoms with Crippen LogP contribution in [0.3, 0.4) is 0 Å². The van der Waals surface area contributed by atoms with Crippen LogP contribution in [0.25, 0.3) is 0 Å². The van der Waals surface area contributed by atoms with Crippen LogP contribution in [-0.4, -0.2) is 26.9 Å². The van der Waals surface area contributed by atoms with Crippen LogP contribution in [0.4, 0.5) is 0 Å². The predicted octanol–water partition coefficient (Wildman–Crippen LogP) is 4.87. The first-order valence-corrected chi connectivity index (χ1v) is 8.94. The maximum Gasteiger partial charge on any atom is 0.180 e. The van der Waals surface area contributed by atoms with E-state index in [2.05, 4.69) is 5.32 Å². The minimum absolute atomic E-state index is 0. The van der Waals surface area contributed by atoms with Gasteiger partial charge in [-0.25, -0.2) is 0 Å². The quantitative estimate of drug-likeness (QED) is 0.547. The first-order chi connectivity index (χ1) is 12.2. The van der Waals surface area contributed by atoms with E-state index in [1.54, 1.807) is 7.11 Å². The largest absolute Gasteiger partial charge is 0.490 e. The second kappa shape index (κ2) is 12.8. The summed E-state index contributed by atoms with van der Waals surface area (Å²) in [5.41, 5.74) is 2.16. The highest BCUT2D eigenvalue weighted by Crippen LogP contribution is 2.37. The molecule has 0 radical (unpaired) electrons. The predicted molar refractivity (Wildman–Crippen MR) is 109 cm³/mol.